The molecule has 0 aliphatic carbocycles. The van der Waals surface area contributed by atoms with Gasteiger partial charge in [-0.05, 0) is 49.4 Å². The minimum Gasteiger partial charge on any atom is -0.497 e. The van der Waals surface area contributed by atoms with E-state index in [0.29, 0.717) is 11.6 Å². The molecule has 0 bridgehead atoms. The zero-order valence-corrected chi connectivity index (χ0v) is 21.9. The molecule has 0 unspecified atom stereocenters. The lowest BCUT2D eigenvalue weighted by Gasteiger charge is -2.14. The maximum atomic E-state index is 10.5. The van der Waals surface area contributed by atoms with Crippen LogP contribution in [-0.2, 0) is 11.3 Å². The van der Waals surface area contributed by atoms with Crippen LogP contribution in [-0.4, -0.2) is 33.5 Å². The highest BCUT2D eigenvalue weighted by Gasteiger charge is 2.22. The minimum absolute atomic E-state index is 0.0359. The summed E-state index contributed by atoms with van der Waals surface area (Å²) < 4.78 is 7.45. The van der Waals surface area contributed by atoms with Gasteiger partial charge in [-0.15, -0.1) is 10.2 Å². The Bertz CT molecular complexity index is 1330. The first-order chi connectivity index (χ1) is 17.5. The molecule has 1 N–H and O–H groups in total. The van der Waals surface area contributed by atoms with Gasteiger partial charge in [0, 0.05) is 28.8 Å². The second kappa shape index (κ2) is 12.7. The number of aliphatic imine (C=N–C) groups is 1. The highest BCUT2D eigenvalue weighted by atomic mass is 35.5. The summed E-state index contributed by atoms with van der Waals surface area (Å²) in [6.07, 6.45) is 0. The predicted molar refractivity (Wildman–Crippen MR) is 146 cm³/mol. The van der Waals surface area contributed by atoms with E-state index in [1.54, 1.807) is 7.11 Å². The van der Waals surface area contributed by atoms with Crippen molar-refractivity contribution in [2.75, 3.05) is 12.4 Å². The number of para-hydroxylation sites is 1. The first-order valence-corrected chi connectivity index (χ1v) is 12.1. The number of carbonyl (C=O) groups is 1. The van der Waals surface area contributed by atoms with Crippen LogP contribution in [0.1, 0.15) is 43.5 Å². The van der Waals surface area contributed by atoms with Crippen LogP contribution in [0.15, 0.2) is 77.8 Å². The van der Waals surface area contributed by atoms with Gasteiger partial charge in [-0.2, -0.15) is 0 Å². The lowest BCUT2D eigenvalue weighted by Crippen LogP contribution is -2.08. The number of aryl methyl sites for hydroxylation is 1. The zero-order chi connectivity index (χ0) is 26.1. The van der Waals surface area contributed by atoms with Gasteiger partial charge in [-0.3, -0.25) is 14.4 Å². The molecular weight excluding hydrogens is 474 g/mol. The summed E-state index contributed by atoms with van der Waals surface area (Å²) >= 11 is 6.02. The van der Waals surface area contributed by atoms with E-state index in [2.05, 4.69) is 15.5 Å². The van der Waals surface area contributed by atoms with Gasteiger partial charge >= 0.3 is 0 Å². The topological polar surface area (TPSA) is 81.4 Å². The second-order valence-corrected chi connectivity index (χ2v) is 8.04. The van der Waals surface area contributed by atoms with Crippen molar-refractivity contribution in [3.63, 3.8) is 0 Å². The van der Waals surface area contributed by atoms with Gasteiger partial charge in [0.2, 0.25) is 5.91 Å². The lowest BCUT2D eigenvalue weighted by atomic mass is 10.00. The molecule has 8 heteroatoms. The number of ether oxygens (including phenoxy) is 1. The van der Waals surface area contributed by atoms with Crippen molar-refractivity contribution >= 4 is 28.9 Å². The Morgan fingerprint density at radius 3 is 2.33 bits per heavy atom. The zero-order valence-electron chi connectivity index (χ0n) is 21.1. The van der Waals surface area contributed by atoms with Gasteiger partial charge in [0.1, 0.15) is 18.1 Å². The molecule has 1 aromatic heterocycles. The molecule has 3 aromatic carbocycles. The highest BCUT2D eigenvalue weighted by molar-refractivity contribution is 6.30. The molecule has 1 aliphatic heterocycles. The van der Waals surface area contributed by atoms with E-state index in [-0.39, 0.29) is 5.91 Å². The molecule has 0 saturated carbocycles. The summed E-state index contributed by atoms with van der Waals surface area (Å²) in [6, 6.07) is 23.0. The van der Waals surface area contributed by atoms with E-state index in [0.717, 1.165) is 45.6 Å². The number of hydrogen-bond acceptors (Lipinski definition) is 5. The third kappa shape index (κ3) is 6.37. The van der Waals surface area contributed by atoms with Crippen molar-refractivity contribution in [3.05, 3.63) is 101 Å². The largest absolute Gasteiger partial charge is 0.497 e. The third-order valence-corrected chi connectivity index (χ3v) is 5.43. The number of halogens is 1. The number of hydrogen-bond donors (Lipinski definition) is 1. The van der Waals surface area contributed by atoms with Crippen LogP contribution >= 0.6 is 11.6 Å². The Kier molecular flexibility index (Phi) is 9.36. The fraction of sp³-hybridized carbons (Fsp3) is 0.214. The van der Waals surface area contributed by atoms with Gasteiger partial charge in [0.25, 0.3) is 0 Å². The number of methoxy groups -OCH3 is 1. The van der Waals surface area contributed by atoms with Gasteiger partial charge in [-0.1, -0.05) is 55.8 Å². The molecule has 0 fully saturated rings. The number of carbonyl (C=O) groups excluding carboxylic acids is 1. The van der Waals surface area contributed by atoms with Crippen LogP contribution in [0.4, 0.5) is 5.69 Å². The van der Waals surface area contributed by atoms with Crippen molar-refractivity contribution in [2.24, 2.45) is 4.99 Å². The van der Waals surface area contributed by atoms with Crippen LogP contribution in [0.3, 0.4) is 0 Å². The molecule has 0 atom stereocenters. The molecule has 1 amide bonds. The maximum Gasteiger partial charge on any atom is 0.221 e. The number of aromatic nitrogens is 3. The first kappa shape index (κ1) is 26.6. The monoisotopic (exact) mass is 503 g/mol. The van der Waals surface area contributed by atoms with Gasteiger partial charge in [0.15, 0.2) is 5.82 Å². The van der Waals surface area contributed by atoms with Crippen LogP contribution in [0.25, 0.3) is 5.69 Å². The average Bonchev–Trinajstić information content (AvgIpc) is 3.18. The van der Waals surface area contributed by atoms with Crippen molar-refractivity contribution < 1.29 is 9.53 Å². The fourth-order valence-corrected chi connectivity index (χ4v) is 3.79. The maximum absolute atomic E-state index is 10.5. The molecule has 186 valence electrons. The fourth-order valence-electron chi connectivity index (χ4n) is 3.66. The summed E-state index contributed by atoms with van der Waals surface area (Å²) in [5.74, 6) is 2.41. The number of benzene rings is 3. The van der Waals surface area contributed by atoms with E-state index in [1.165, 1.54) is 6.92 Å². The third-order valence-electron chi connectivity index (χ3n) is 5.18. The molecule has 7 nitrogen and oxygen atoms in total. The first-order valence-electron chi connectivity index (χ1n) is 11.7. The second-order valence-electron chi connectivity index (χ2n) is 7.60. The Morgan fingerprint density at radius 1 is 1.00 bits per heavy atom. The Hall–Kier alpha value is -3.97. The van der Waals surface area contributed by atoms with Crippen molar-refractivity contribution in [3.8, 4) is 11.4 Å². The molecule has 0 radical (unpaired) electrons. The summed E-state index contributed by atoms with van der Waals surface area (Å²) in [5.41, 5.74) is 4.73. The number of rotatable bonds is 3. The number of anilines is 1. The van der Waals surface area contributed by atoms with Gasteiger partial charge in [0.05, 0.1) is 18.5 Å². The Morgan fingerprint density at radius 2 is 1.69 bits per heavy atom. The molecule has 0 saturated heterocycles. The standard InChI is InChI=1S/C18H15ClN4O.C8H9NO.C2H6/c1-11-21-22-17-10-20-18(12-3-5-13(19)6-4-12)15-9-14(24-2)7-8-16(15)23(11)17;1-7(10)9-8-5-3-2-4-6-8;1-2/h3-9H,10H2,1-2H3;2-6H,1H3,(H,9,10);1-2H3. The highest BCUT2D eigenvalue weighted by Crippen LogP contribution is 2.29. The molecule has 4 aromatic rings. The number of amides is 1. The van der Waals surface area contributed by atoms with Crippen LogP contribution in [0.2, 0.25) is 5.02 Å². The summed E-state index contributed by atoms with van der Waals surface area (Å²) in [4.78, 5) is 15.3. The number of nitrogens with zero attached hydrogens (tertiary/aromatic N) is 4. The van der Waals surface area contributed by atoms with E-state index < -0.39 is 0 Å². The molecule has 1 aliphatic rings. The molecule has 5 rings (SSSR count). The summed E-state index contributed by atoms with van der Waals surface area (Å²) in [5, 5.41) is 11.8. The van der Waals surface area contributed by atoms with Crippen LogP contribution in [0, 0.1) is 6.92 Å². The molecule has 2 heterocycles. The lowest BCUT2D eigenvalue weighted by molar-refractivity contribution is -0.114. The summed E-state index contributed by atoms with van der Waals surface area (Å²) in [7, 11) is 1.66. The van der Waals surface area contributed by atoms with E-state index in [9.17, 15) is 4.79 Å². The van der Waals surface area contributed by atoms with Crippen molar-refractivity contribution in [1.29, 1.82) is 0 Å². The number of nitrogens with one attached hydrogen (secondary N) is 1. The number of fused-ring (bicyclic) bond motifs is 3. The normalized spacial score (nSPS) is 11.2. The van der Waals surface area contributed by atoms with Crippen molar-refractivity contribution in [2.45, 2.75) is 34.2 Å². The van der Waals surface area contributed by atoms with Crippen LogP contribution < -0.4 is 10.1 Å². The van der Waals surface area contributed by atoms with Gasteiger partial charge in [-0.25, -0.2) is 0 Å². The molecular formula is C28H30ClN5O2. The van der Waals surface area contributed by atoms with E-state index in [1.807, 2.05) is 98.1 Å². The van der Waals surface area contributed by atoms with Crippen molar-refractivity contribution in [1.82, 2.24) is 14.8 Å². The minimum atomic E-state index is -0.0359. The van der Waals surface area contributed by atoms with E-state index in [4.69, 9.17) is 21.3 Å². The SMILES string of the molecule is CC.CC(=O)Nc1ccccc1.COc1ccc2c(c1)C(c1ccc(Cl)cc1)=NCc1nnc(C)n1-2. The summed E-state index contributed by atoms with van der Waals surface area (Å²) in [6.45, 7) is 7.90. The predicted octanol–water partition coefficient (Wildman–Crippen LogP) is 6.26. The Labute approximate surface area is 216 Å². The molecule has 36 heavy (non-hydrogen) atoms. The smallest absolute Gasteiger partial charge is 0.221 e. The molecule has 0 spiro atoms. The Balaban J connectivity index is 0.000000253. The van der Waals surface area contributed by atoms with Gasteiger partial charge < -0.3 is 10.1 Å². The average molecular weight is 504 g/mol. The van der Waals surface area contributed by atoms with Crippen LogP contribution in [0.5, 0.6) is 5.75 Å². The van der Waals surface area contributed by atoms with E-state index >= 15 is 0 Å². The quantitative estimate of drug-likeness (QED) is 0.357.